The van der Waals surface area contributed by atoms with Gasteiger partial charge in [-0.25, -0.2) is 8.42 Å². The maximum absolute atomic E-state index is 12.4. The van der Waals surface area contributed by atoms with Gasteiger partial charge in [0.05, 0.1) is 11.4 Å². The van der Waals surface area contributed by atoms with Crippen molar-refractivity contribution in [2.45, 2.75) is 11.8 Å². The first-order chi connectivity index (χ1) is 10.8. The topological polar surface area (TPSA) is 109 Å². The van der Waals surface area contributed by atoms with Gasteiger partial charge in [0.15, 0.2) is 5.78 Å². The van der Waals surface area contributed by atoms with Gasteiger partial charge in [-0.1, -0.05) is 23.5 Å². The highest BCUT2D eigenvalue weighted by molar-refractivity contribution is 7.89. The van der Waals surface area contributed by atoms with Gasteiger partial charge in [0.1, 0.15) is 5.51 Å². The maximum atomic E-state index is 12.4. The van der Waals surface area contributed by atoms with Crippen molar-refractivity contribution in [1.29, 1.82) is 0 Å². The van der Waals surface area contributed by atoms with Crippen molar-refractivity contribution < 1.29 is 18.0 Å². The summed E-state index contributed by atoms with van der Waals surface area (Å²) in [5.41, 5.74) is 1.87. The SMILES string of the molecule is CC(=O)c1ccc(S(=O)(=O)N(C)CC(=O)Nc2nncs2)cc1. The molecule has 1 aromatic carbocycles. The smallest absolute Gasteiger partial charge is 0.243 e. The molecule has 0 saturated heterocycles. The number of sulfonamides is 1. The first-order valence-corrected chi connectivity index (χ1v) is 8.76. The molecular formula is C13H14N4O4S2. The lowest BCUT2D eigenvalue weighted by atomic mass is 10.2. The summed E-state index contributed by atoms with van der Waals surface area (Å²) in [6.07, 6.45) is 0. The number of nitrogens with zero attached hydrogens (tertiary/aromatic N) is 3. The Bertz CT molecular complexity index is 801. The molecule has 1 N–H and O–H groups in total. The van der Waals surface area contributed by atoms with Crippen LogP contribution in [0.1, 0.15) is 17.3 Å². The largest absolute Gasteiger partial charge is 0.299 e. The number of rotatable bonds is 6. The lowest BCUT2D eigenvalue weighted by Crippen LogP contribution is -2.35. The highest BCUT2D eigenvalue weighted by atomic mass is 32.2. The van der Waals surface area contributed by atoms with Crippen LogP contribution in [-0.2, 0) is 14.8 Å². The zero-order valence-electron chi connectivity index (χ0n) is 12.4. The van der Waals surface area contributed by atoms with Gasteiger partial charge in [-0.15, -0.1) is 10.2 Å². The van der Waals surface area contributed by atoms with E-state index in [1.807, 2.05) is 0 Å². The number of Topliss-reactive ketones (excluding diaryl/α,β-unsaturated/α-hetero) is 1. The van der Waals surface area contributed by atoms with Crippen molar-refractivity contribution in [2.24, 2.45) is 0 Å². The number of likely N-dealkylation sites (N-methyl/N-ethyl adjacent to an activating group) is 1. The van der Waals surface area contributed by atoms with Crippen LogP contribution >= 0.6 is 11.3 Å². The third-order valence-corrected chi connectivity index (χ3v) is 5.37. The summed E-state index contributed by atoms with van der Waals surface area (Å²) >= 11 is 1.13. The predicted molar refractivity (Wildman–Crippen MR) is 84.8 cm³/mol. The fourth-order valence-electron chi connectivity index (χ4n) is 1.72. The van der Waals surface area contributed by atoms with Crippen LogP contribution in [0, 0.1) is 0 Å². The van der Waals surface area contributed by atoms with Crippen LogP contribution in [0.5, 0.6) is 0 Å². The number of nitrogens with one attached hydrogen (secondary N) is 1. The van der Waals surface area contributed by atoms with Gasteiger partial charge >= 0.3 is 0 Å². The van der Waals surface area contributed by atoms with Crippen molar-refractivity contribution in [2.75, 3.05) is 18.9 Å². The zero-order chi connectivity index (χ0) is 17.0. The molecule has 0 aliphatic carbocycles. The number of ketones is 1. The van der Waals surface area contributed by atoms with Crippen LogP contribution < -0.4 is 5.32 Å². The molecule has 0 radical (unpaired) electrons. The van der Waals surface area contributed by atoms with E-state index in [4.69, 9.17) is 0 Å². The van der Waals surface area contributed by atoms with E-state index < -0.39 is 15.9 Å². The quantitative estimate of drug-likeness (QED) is 0.775. The summed E-state index contributed by atoms with van der Waals surface area (Å²) in [6, 6.07) is 5.55. The molecule has 0 aliphatic heterocycles. The van der Waals surface area contributed by atoms with Crippen LogP contribution in [-0.4, -0.2) is 48.2 Å². The van der Waals surface area contributed by atoms with Crippen LogP contribution in [0.2, 0.25) is 0 Å². The molecule has 23 heavy (non-hydrogen) atoms. The molecule has 1 amide bonds. The molecule has 0 spiro atoms. The minimum Gasteiger partial charge on any atom is -0.299 e. The molecule has 8 nitrogen and oxygen atoms in total. The Morgan fingerprint density at radius 3 is 2.43 bits per heavy atom. The van der Waals surface area contributed by atoms with Crippen LogP contribution in [0.25, 0.3) is 0 Å². The number of carbonyl (C=O) groups excluding carboxylic acids is 2. The molecule has 0 aliphatic rings. The van der Waals surface area contributed by atoms with Crippen molar-refractivity contribution in [1.82, 2.24) is 14.5 Å². The fourth-order valence-corrected chi connectivity index (χ4v) is 3.30. The average Bonchev–Trinajstić information content (AvgIpc) is 2.99. The van der Waals surface area contributed by atoms with E-state index in [0.717, 1.165) is 15.6 Å². The number of aromatic nitrogens is 2. The van der Waals surface area contributed by atoms with E-state index in [2.05, 4.69) is 15.5 Å². The summed E-state index contributed by atoms with van der Waals surface area (Å²) in [4.78, 5) is 23.0. The molecule has 0 unspecified atom stereocenters. The van der Waals surface area contributed by atoms with Crippen molar-refractivity contribution >= 4 is 38.2 Å². The first-order valence-electron chi connectivity index (χ1n) is 6.44. The standard InChI is InChI=1S/C13H14N4O4S2/c1-9(18)10-3-5-11(6-4-10)23(20,21)17(2)7-12(19)15-13-16-14-8-22-13/h3-6,8H,7H2,1-2H3,(H,15,16,19). The summed E-state index contributed by atoms with van der Waals surface area (Å²) in [5.74, 6) is -0.674. The molecule has 1 aromatic heterocycles. The highest BCUT2D eigenvalue weighted by Gasteiger charge is 2.23. The van der Waals surface area contributed by atoms with Crippen LogP contribution in [0.3, 0.4) is 0 Å². The maximum Gasteiger partial charge on any atom is 0.243 e. The Morgan fingerprint density at radius 2 is 1.91 bits per heavy atom. The van der Waals surface area contributed by atoms with Crippen molar-refractivity contribution in [3.63, 3.8) is 0 Å². The monoisotopic (exact) mass is 354 g/mol. The van der Waals surface area contributed by atoms with E-state index in [1.54, 1.807) is 0 Å². The predicted octanol–water partition coefficient (Wildman–Crippen LogP) is 1.000. The zero-order valence-corrected chi connectivity index (χ0v) is 14.0. The highest BCUT2D eigenvalue weighted by Crippen LogP contribution is 2.16. The summed E-state index contributed by atoms with van der Waals surface area (Å²) in [7, 11) is -2.53. The van der Waals surface area contributed by atoms with E-state index in [1.165, 1.54) is 43.7 Å². The van der Waals surface area contributed by atoms with Crippen LogP contribution in [0.15, 0.2) is 34.7 Å². The van der Waals surface area contributed by atoms with Gasteiger partial charge in [0.25, 0.3) is 0 Å². The first kappa shape index (κ1) is 17.2. The Balaban J connectivity index is 2.08. The second-order valence-electron chi connectivity index (χ2n) is 4.63. The molecule has 0 atom stereocenters. The second-order valence-corrected chi connectivity index (χ2v) is 7.51. The van der Waals surface area contributed by atoms with Crippen molar-refractivity contribution in [3.05, 3.63) is 35.3 Å². The van der Waals surface area contributed by atoms with E-state index in [-0.39, 0.29) is 17.2 Å². The molecule has 0 bridgehead atoms. The molecule has 10 heteroatoms. The molecule has 0 fully saturated rings. The third-order valence-electron chi connectivity index (χ3n) is 2.94. The summed E-state index contributed by atoms with van der Waals surface area (Å²) in [6.45, 7) is 1.03. The fraction of sp³-hybridized carbons (Fsp3) is 0.231. The Kier molecular flexibility index (Phi) is 5.19. The number of benzene rings is 1. The van der Waals surface area contributed by atoms with Crippen LogP contribution in [0.4, 0.5) is 5.13 Å². The third kappa shape index (κ3) is 4.18. The van der Waals surface area contributed by atoms with Gasteiger partial charge in [0, 0.05) is 12.6 Å². The number of amides is 1. The minimum absolute atomic E-state index is 0.00807. The number of hydrogen-bond donors (Lipinski definition) is 1. The number of anilines is 1. The lowest BCUT2D eigenvalue weighted by Gasteiger charge is -2.16. The molecule has 2 rings (SSSR count). The molecule has 1 heterocycles. The molecule has 0 saturated carbocycles. The lowest BCUT2D eigenvalue weighted by molar-refractivity contribution is -0.116. The number of hydrogen-bond acceptors (Lipinski definition) is 7. The van der Waals surface area contributed by atoms with Crippen molar-refractivity contribution in [3.8, 4) is 0 Å². The van der Waals surface area contributed by atoms with E-state index in [9.17, 15) is 18.0 Å². The van der Waals surface area contributed by atoms with Gasteiger partial charge in [-0.05, 0) is 19.1 Å². The van der Waals surface area contributed by atoms with Gasteiger partial charge in [-0.2, -0.15) is 4.31 Å². The average molecular weight is 354 g/mol. The molecule has 122 valence electrons. The van der Waals surface area contributed by atoms with E-state index >= 15 is 0 Å². The van der Waals surface area contributed by atoms with Gasteiger partial charge < -0.3 is 0 Å². The van der Waals surface area contributed by atoms with Gasteiger partial charge in [-0.3, -0.25) is 14.9 Å². The summed E-state index contributed by atoms with van der Waals surface area (Å²) < 4.78 is 25.7. The molecule has 2 aromatic rings. The normalized spacial score (nSPS) is 11.4. The minimum atomic E-state index is -3.83. The Hall–Kier alpha value is -2.17. The Labute approximate surface area is 137 Å². The Morgan fingerprint density at radius 1 is 1.26 bits per heavy atom. The van der Waals surface area contributed by atoms with Gasteiger partial charge in [0.2, 0.25) is 21.1 Å². The summed E-state index contributed by atoms with van der Waals surface area (Å²) in [5, 5.41) is 9.97. The van der Waals surface area contributed by atoms with E-state index in [0.29, 0.717) is 10.7 Å². The number of carbonyl (C=O) groups is 2. The molecular weight excluding hydrogens is 340 g/mol. The second kappa shape index (κ2) is 6.94.